The number of carbonyl (C=O) groups is 3. The van der Waals surface area contributed by atoms with Crippen LogP contribution in [-0.4, -0.2) is 31.4 Å². The van der Waals surface area contributed by atoms with Gasteiger partial charge in [-0.1, -0.05) is 12.1 Å². The number of benzene rings is 1. The number of esters is 1. The van der Waals surface area contributed by atoms with Crippen molar-refractivity contribution in [1.29, 1.82) is 0 Å². The first-order valence-electron chi connectivity index (χ1n) is 6.70. The van der Waals surface area contributed by atoms with Crippen molar-refractivity contribution >= 4 is 23.9 Å². The Morgan fingerprint density at radius 3 is 2.32 bits per heavy atom. The zero-order valence-electron chi connectivity index (χ0n) is 12.9. The third-order valence-corrected chi connectivity index (χ3v) is 3.13. The predicted molar refractivity (Wildman–Crippen MR) is 82.8 cm³/mol. The van der Waals surface area contributed by atoms with Gasteiger partial charge in [-0.3, -0.25) is 9.59 Å². The monoisotopic (exact) mass is 304 g/mol. The third-order valence-electron chi connectivity index (χ3n) is 3.13. The molecule has 6 nitrogen and oxygen atoms in total. The molecule has 0 aliphatic rings. The second-order valence-corrected chi connectivity index (χ2v) is 5.41. The molecule has 0 bridgehead atoms. The average molecular weight is 304 g/mol. The van der Waals surface area contributed by atoms with Gasteiger partial charge in [0.25, 0.3) is 0 Å². The molecule has 0 saturated heterocycles. The Labute approximate surface area is 129 Å². The minimum absolute atomic E-state index is 0.160. The van der Waals surface area contributed by atoms with Crippen LogP contribution in [0.15, 0.2) is 30.3 Å². The van der Waals surface area contributed by atoms with Gasteiger partial charge >= 0.3 is 5.97 Å². The molecular formula is C16H20N2O4. The lowest BCUT2D eigenvalue weighted by Gasteiger charge is -2.19. The summed E-state index contributed by atoms with van der Waals surface area (Å²) in [5, 5.41) is 2.61. The topological polar surface area (TPSA) is 98.5 Å². The fourth-order valence-electron chi connectivity index (χ4n) is 1.47. The van der Waals surface area contributed by atoms with Crippen LogP contribution in [0.4, 0.5) is 0 Å². The minimum atomic E-state index is -0.800. The average Bonchev–Trinajstić information content (AvgIpc) is 2.50. The Bertz CT molecular complexity index is 589. The zero-order valence-corrected chi connectivity index (χ0v) is 12.9. The van der Waals surface area contributed by atoms with Crippen molar-refractivity contribution in [3.8, 4) is 0 Å². The highest BCUT2D eigenvalue weighted by Gasteiger charge is 2.24. The second kappa shape index (κ2) is 7.40. The molecule has 0 heterocycles. The molecule has 0 aliphatic heterocycles. The number of ether oxygens (including phenoxy) is 1. The predicted octanol–water partition coefficient (Wildman–Crippen LogP) is 1.11. The van der Waals surface area contributed by atoms with E-state index in [1.807, 2.05) is 0 Å². The third kappa shape index (κ3) is 5.05. The maximum atomic E-state index is 11.7. The van der Waals surface area contributed by atoms with Gasteiger partial charge in [-0.15, -0.1) is 0 Å². The lowest BCUT2D eigenvalue weighted by molar-refractivity contribution is -0.126. The van der Waals surface area contributed by atoms with Gasteiger partial charge in [-0.25, -0.2) is 4.79 Å². The fraction of sp³-hybridized carbons (Fsp3) is 0.312. The molecule has 1 aromatic carbocycles. The molecule has 1 aromatic rings. The van der Waals surface area contributed by atoms with Gasteiger partial charge < -0.3 is 15.8 Å². The molecule has 0 atom stereocenters. The van der Waals surface area contributed by atoms with Gasteiger partial charge in [0, 0.05) is 12.6 Å². The highest BCUT2D eigenvalue weighted by molar-refractivity contribution is 5.93. The maximum Gasteiger partial charge on any atom is 0.337 e. The van der Waals surface area contributed by atoms with Crippen LogP contribution in [0.1, 0.15) is 29.8 Å². The molecular weight excluding hydrogens is 284 g/mol. The van der Waals surface area contributed by atoms with E-state index in [-0.39, 0.29) is 12.5 Å². The summed E-state index contributed by atoms with van der Waals surface area (Å²) >= 11 is 0. The lowest BCUT2D eigenvalue weighted by Crippen LogP contribution is -2.41. The summed E-state index contributed by atoms with van der Waals surface area (Å²) in [5.41, 5.74) is 5.62. The summed E-state index contributed by atoms with van der Waals surface area (Å²) in [6.45, 7) is 3.47. The van der Waals surface area contributed by atoms with Crippen LogP contribution in [0.25, 0.3) is 6.08 Å². The van der Waals surface area contributed by atoms with Gasteiger partial charge in [-0.2, -0.15) is 0 Å². The molecule has 0 radical (unpaired) electrons. The molecule has 6 heteroatoms. The van der Waals surface area contributed by atoms with Crippen molar-refractivity contribution in [2.45, 2.75) is 13.8 Å². The summed E-state index contributed by atoms with van der Waals surface area (Å²) in [7, 11) is 1.31. The van der Waals surface area contributed by atoms with E-state index in [0.717, 1.165) is 5.56 Å². The largest absolute Gasteiger partial charge is 0.465 e. The first-order chi connectivity index (χ1) is 10.3. The number of amides is 2. The quantitative estimate of drug-likeness (QED) is 0.607. The van der Waals surface area contributed by atoms with Gasteiger partial charge in [0.15, 0.2) is 0 Å². The molecule has 0 unspecified atom stereocenters. The SMILES string of the molecule is COC(=O)c1ccc(/C=C/C(=O)NCC(C)(C)C(N)=O)cc1. The molecule has 3 N–H and O–H groups in total. The van der Waals surface area contributed by atoms with E-state index in [0.29, 0.717) is 5.56 Å². The molecule has 0 aliphatic carbocycles. The van der Waals surface area contributed by atoms with Gasteiger partial charge in [0.1, 0.15) is 0 Å². The molecule has 0 spiro atoms. The summed E-state index contributed by atoms with van der Waals surface area (Å²) in [6.07, 6.45) is 2.96. The Morgan fingerprint density at radius 2 is 1.82 bits per heavy atom. The van der Waals surface area contributed by atoms with E-state index < -0.39 is 17.3 Å². The summed E-state index contributed by atoms with van der Waals surface area (Å²) in [4.78, 5) is 34.1. The normalized spacial score (nSPS) is 11.2. The Kier molecular flexibility index (Phi) is 5.86. The van der Waals surface area contributed by atoms with E-state index >= 15 is 0 Å². The van der Waals surface area contributed by atoms with E-state index in [9.17, 15) is 14.4 Å². The molecule has 0 aromatic heterocycles. The number of rotatable bonds is 6. The fourth-order valence-corrected chi connectivity index (χ4v) is 1.47. The molecule has 118 valence electrons. The van der Waals surface area contributed by atoms with Crippen molar-refractivity contribution in [3.05, 3.63) is 41.5 Å². The van der Waals surface area contributed by atoms with Crippen LogP contribution < -0.4 is 11.1 Å². The van der Waals surface area contributed by atoms with E-state index in [2.05, 4.69) is 10.1 Å². The number of methoxy groups -OCH3 is 1. The summed E-state index contributed by atoms with van der Waals surface area (Å²) in [5.74, 6) is -1.22. The van der Waals surface area contributed by atoms with Crippen LogP contribution in [0.3, 0.4) is 0 Å². The van der Waals surface area contributed by atoms with Crippen LogP contribution in [-0.2, 0) is 14.3 Å². The standard InChI is InChI=1S/C16H20N2O4/c1-16(2,15(17)21)10-18-13(19)9-6-11-4-7-12(8-5-11)14(20)22-3/h4-9H,10H2,1-3H3,(H2,17,21)(H,18,19)/b9-6+. The van der Waals surface area contributed by atoms with Crippen LogP contribution in [0.2, 0.25) is 0 Å². The summed E-state index contributed by atoms with van der Waals surface area (Å²) in [6, 6.07) is 6.62. The first-order valence-corrected chi connectivity index (χ1v) is 6.70. The van der Waals surface area contributed by atoms with Crippen molar-refractivity contribution in [2.75, 3.05) is 13.7 Å². The molecule has 22 heavy (non-hydrogen) atoms. The van der Waals surface area contributed by atoms with Crippen molar-refractivity contribution < 1.29 is 19.1 Å². The molecule has 1 rings (SSSR count). The Morgan fingerprint density at radius 1 is 1.23 bits per heavy atom. The Balaban J connectivity index is 2.59. The van der Waals surface area contributed by atoms with Crippen LogP contribution in [0.5, 0.6) is 0 Å². The number of hydrogen-bond acceptors (Lipinski definition) is 4. The van der Waals surface area contributed by atoms with Crippen LogP contribution >= 0.6 is 0 Å². The van der Waals surface area contributed by atoms with Crippen molar-refractivity contribution in [3.63, 3.8) is 0 Å². The molecule has 0 saturated carbocycles. The molecule has 2 amide bonds. The van der Waals surface area contributed by atoms with E-state index in [1.165, 1.54) is 13.2 Å². The highest BCUT2D eigenvalue weighted by atomic mass is 16.5. The number of primary amides is 1. The maximum absolute atomic E-state index is 11.7. The highest BCUT2D eigenvalue weighted by Crippen LogP contribution is 2.12. The zero-order chi connectivity index (χ0) is 16.8. The second-order valence-electron chi connectivity index (χ2n) is 5.41. The Hall–Kier alpha value is -2.63. The number of carbonyl (C=O) groups excluding carboxylic acids is 3. The van der Waals surface area contributed by atoms with Gasteiger partial charge in [0.05, 0.1) is 18.1 Å². The van der Waals surface area contributed by atoms with Crippen molar-refractivity contribution in [1.82, 2.24) is 5.32 Å². The van der Waals surface area contributed by atoms with Crippen molar-refractivity contribution in [2.24, 2.45) is 11.1 Å². The van der Waals surface area contributed by atoms with Gasteiger partial charge in [0.2, 0.25) is 11.8 Å². The first kappa shape index (κ1) is 17.4. The number of nitrogens with one attached hydrogen (secondary N) is 1. The number of hydrogen-bond donors (Lipinski definition) is 2. The van der Waals surface area contributed by atoms with E-state index in [4.69, 9.17) is 5.73 Å². The smallest absolute Gasteiger partial charge is 0.337 e. The molecule has 0 fully saturated rings. The number of nitrogens with two attached hydrogens (primary N) is 1. The minimum Gasteiger partial charge on any atom is -0.465 e. The van der Waals surface area contributed by atoms with Crippen LogP contribution in [0, 0.1) is 5.41 Å². The summed E-state index contributed by atoms with van der Waals surface area (Å²) < 4.78 is 4.60. The lowest BCUT2D eigenvalue weighted by atomic mass is 9.93. The van der Waals surface area contributed by atoms with Gasteiger partial charge in [-0.05, 0) is 37.6 Å². The van der Waals surface area contributed by atoms with E-state index in [1.54, 1.807) is 44.2 Å².